The van der Waals surface area contributed by atoms with Crippen LogP contribution in [0.1, 0.15) is 45.9 Å². The fourth-order valence-electron chi connectivity index (χ4n) is 3.28. The van der Waals surface area contributed by atoms with Gasteiger partial charge in [0.05, 0.1) is 6.04 Å². The Balaban J connectivity index is 1.86. The Morgan fingerprint density at radius 3 is 2.92 bits per heavy atom. The van der Waals surface area contributed by atoms with Crippen molar-refractivity contribution in [3.8, 4) is 0 Å². The summed E-state index contributed by atoms with van der Waals surface area (Å²) in [4.78, 5) is 23.2. The van der Waals surface area contributed by atoms with Gasteiger partial charge in [-0.25, -0.2) is 14.8 Å². The van der Waals surface area contributed by atoms with Gasteiger partial charge in [-0.2, -0.15) is 0 Å². The molecule has 2 aromatic rings. The van der Waals surface area contributed by atoms with E-state index in [0.717, 1.165) is 30.4 Å². The Bertz CT molecular complexity index is 750. The molecule has 1 fully saturated rings. The van der Waals surface area contributed by atoms with Gasteiger partial charge in [0.1, 0.15) is 23.5 Å². The second-order valence-electron chi connectivity index (χ2n) is 7.47. The zero-order chi connectivity index (χ0) is 18.0. The number of piperidine rings is 1. The van der Waals surface area contributed by atoms with Crippen molar-refractivity contribution in [3.05, 3.63) is 24.2 Å². The molecule has 1 aliphatic heterocycles. The number of hydrogen-bond donors (Lipinski definition) is 1. The fraction of sp³-hybridized carbons (Fsp3) is 0.611. The summed E-state index contributed by atoms with van der Waals surface area (Å²) in [5.74, 6) is 0.573. The largest absolute Gasteiger partial charge is 0.444 e. The third-order valence-electron chi connectivity index (χ3n) is 4.37. The molecular formula is C18H26N4O3. The Kier molecular flexibility index (Phi) is 4.94. The van der Waals surface area contributed by atoms with Crippen molar-refractivity contribution in [1.29, 1.82) is 0 Å². The molecule has 0 aromatic carbocycles. The van der Waals surface area contributed by atoms with Gasteiger partial charge in [-0.15, -0.1) is 0 Å². The van der Waals surface area contributed by atoms with Gasteiger partial charge >= 0.3 is 6.09 Å². The Labute approximate surface area is 147 Å². The predicted molar refractivity (Wildman–Crippen MR) is 94.0 cm³/mol. The van der Waals surface area contributed by atoms with Crippen LogP contribution in [0.2, 0.25) is 0 Å². The highest BCUT2D eigenvalue weighted by Gasteiger charge is 2.31. The summed E-state index contributed by atoms with van der Waals surface area (Å²) in [5.41, 5.74) is 0.978. The first-order chi connectivity index (χ1) is 11.9. The van der Waals surface area contributed by atoms with Crippen LogP contribution in [0.5, 0.6) is 0 Å². The monoisotopic (exact) mass is 346 g/mol. The van der Waals surface area contributed by atoms with E-state index in [1.54, 1.807) is 6.20 Å². The first kappa shape index (κ1) is 17.7. The minimum atomic E-state index is -0.515. The minimum Gasteiger partial charge on any atom is -0.444 e. The zero-order valence-electron chi connectivity index (χ0n) is 15.1. The van der Waals surface area contributed by atoms with E-state index >= 15 is 0 Å². The highest BCUT2D eigenvalue weighted by atomic mass is 16.6. The van der Waals surface area contributed by atoms with Gasteiger partial charge in [-0.3, -0.25) is 0 Å². The highest BCUT2D eigenvalue weighted by molar-refractivity contribution is 5.71. The van der Waals surface area contributed by atoms with Gasteiger partial charge in [0.25, 0.3) is 0 Å². The maximum atomic E-state index is 12.6. The maximum Gasteiger partial charge on any atom is 0.410 e. The van der Waals surface area contributed by atoms with Crippen molar-refractivity contribution in [2.45, 2.75) is 64.8 Å². The van der Waals surface area contributed by atoms with Crippen molar-refractivity contribution in [2.24, 2.45) is 0 Å². The average molecular weight is 346 g/mol. The number of carbonyl (C=O) groups is 1. The molecule has 0 bridgehead atoms. The summed E-state index contributed by atoms with van der Waals surface area (Å²) >= 11 is 0. The number of carbonyl (C=O) groups excluding carboxylic acids is 1. The van der Waals surface area contributed by atoms with Gasteiger partial charge in [-0.1, -0.05) is 0 Å². The summed E-state index contributed by atoms with van der Waals surface area (Å²) in [7, 11) is 0. The molecule has 0 spiro atoms. The van der Waals surface area contributed by atoms with Crippen LogP contribution in [0.3, 0.4) is 0 Å². The third kappa shape index (κ3) is 3.92. The molecular weight excluding hydrogens is 320 g/mol. The lowest BCUT2D eigenvalue weighted by atomic mass is 10.0. The SMILES string of the molecule is CC(C)(C)OC(=O)N1CCCC[C@@H]1Cn1c(CO)nc2cccnc21. The van der Waals surface area contributed by atoms with Crippen LogP contribution >= 0.6 is 0 Å². The zero-order valence-corrected chi connectivity index (χ0v) is 15.1. The normalized spacial score (nSPS) is 18.6. The summed E-state index contributed by atoms with van der Waals surface area (Å²) in [5, 5.41) is 9.66. The van der Waals surface area contributed by atoms with Crippen LogP contribution in [-0.2, 0) is 17.9 Å². The second-order valence-corrected chi connectivity index (χ2v) is 7.47. The summed E-state index contributed by atoms with van der Waals surface area (Å²) < 4.78 is 7.49. The molecule has 1 aliphatic rings. The first-order valence-corrected chi connectivity index (χ1v) is 8.79. The number of rotatable bonds is 3. The summed E-state index contributed by atoms with van der Waals surface area (Å²) in [6.07, 6.45) is 4.38. The van der Waals surface area contributed by atoms with Crippen LogP contribution in [0, 0.1) is 0 Å². The van der Waals surface area contributed by atoms with E-state index in [1.807, 2.05) is 42.4 Å². The van der Waals surface area contributed by atoms with E-state index in [4.69, 9.17) is 4.74 Å². The standard InChI is InChI=1S/C18H26N4O3/c1-18(2,3)25-17(24)21-10-5-4-7-13(21)11-22-15(12-23)20-14-8-6-9-19-16(14)22/h6,8-9,13,23H,4-5,7,10-12H2,1-3H3/t13-/m1/s1. The molecule has 25 heavy (non-hydrogen) atoms. The molecule has 1 atom stereocenters. The molecule has 1 N–H and O–H groups in total. The van der Waals surface area contributed by atoms with Crippen LogP contribution in [0.15, 0.2) is 18.3 Å². The molecule has 1 amide bonds. The van der Waals surface area contributed by atoms with Gasteiger partial charge in [-0.05, 0) is 52.2 Å². The van der Waals surface area contributed by atoms with Gasteiger partial charge < -0.3 is 19.3 Å². The van der Waals surface area contributed by atoms with Crippen LogP contribution < -0.4 is 0 Å². The minimum absolute atomic E-state index is 0.00769. The maximum absolute atomic E-state index is 12.6. The molecule has 3 heterocycles. The Hall–Kier alpha value is -2.15. The van der Waals surface area contributed by atoms with Crippen molar-refractivity contribution < 1.29 is 14.6 Å². The van der Waals surface area contributed by atoms with Crippen LogP contribution in [0.4, 0.5) is 4.79 Å². The van der Waals surface area contributed by atoms with Crippen molar-refractivity contribution in [1.82, 2.24) is 19.4 Å². The van der Waals surface area contributed by atoms with Crippen LogP contribution in [0.25, 0.3) is 11.2 Å². The topological polar surface area (TPSA) is 80.5 Å². The predicted octanol–water partition coefficient (Wildman–Crippen LogP) is 2.71. The number of nitrogens with zero attached hydrogens (tertiary/aromatic N) is 4. The molecule has 7 heteroatoms. The van der Waals surface area contributed by atoms with Crippen LogP contribution in [-0.4, -0.2) is 48.8 Å². The Morgan fingerprint density at radius 1 is 1.40 bits per heavy atom. The van der Waals surface area contributed by atoms with Gasteiger partial charge in [0.15, 0.2) is 5.65 Å². The molecule has 0 unspecified atom stereocenters. The van der Waals surface area contributed by atoms with E-state index in [1.165, 1.54) is 0 Å². The lowest BCUT2D eigenvalue weighted by molar-refractivity contribution is 0.00773. The van der Waals surface area contributed by atoms with Gasteiger partial charge in [0.2, 0.25) is 0 Å². The number of aliphatic hydroxyl groups is 1. The number of aromatic nitrogens is 3. The summed E-state index contributed by atoms with van der Waals surface area (Å²) in [6.45, 7) is 6.72. The van der Waals surface area contributed by atoms with Crippen molar-refractivity contribution in [2.75, 3.05) is 6.54 Å². The van der Waals surface area contributed by atoms with E-state index < -0.39 is 5.60 Å². The highest BCUT2D eigenvalue weighted by Crippen LogP contribution is 2.24. The number of aliphatic hydroxyl groups excluding tert-OH is 1. The lowest BCUT2D eigenvalue weighted by Gasteiger charge is -2.37. The fourth-order valence-corrected chi connectivity index (χ4v) is 3.28. The van der Waals surface area contributed by atoms with Crippen molar-refractivity contribution in [3.63, 3.8) is 0 Å². The number of hydrogen-bond acceptors (Lipinski definition) is 5. The van der Waals surface area contributed by atoms with E-state index in [-0.39, 0.29) is 18.7 Å². The number of amides is 1. The molecule has 1 saturated heterocycles. The number of ether oxygens (including phenoxy) is 1. The lowest BCUT2D eigenvalue weighted by Crippen LogP contribution is -2.48. The first-order valence-electron chi connectivity index (χ1n) is 8.79. The number of pyridine rings is 1. The number of likely N-dealkylation sites (tertiary alicyclic amines) is 1. The molecule has 136 valence electrons. The molecule has 3 rings (SSSR count). The number of imidazole rings is 1. The van der Waals surface area contributed by atoms with E-state index in [2.05, 4.69) is 9.97 Å². The molecule has 0 radical (unpaired) electrons. The average Bonchev–Trinajstić information content (AvgIpc) is 2.92. The molecule has 7 nitrogen and oxygen atoms in total. The Morgan fingerprint density at radius 2 is 2.20 bits per heavy atom. The third-order valence-corrected chi connectivity index (χ3v) is 4.37. The number of fused-ring (bicyclic) bond motifs is 1. The quantitative estimate of drug-likeness (QED) is 0.924. The molecule has 0 saturated carbocycles. The van der Waals surface area contributed by atoms with Crippen molar-refractivity contribution >= 4 is 17.3 Å². The second kappa shape index (κ2) is 7.00. The van der Waals surface area contributed by atoms with E-state index in [0.29, 0.717) is 18.9 Å². The van der Waals surface area contributed by atoms with E-state index in [9.17, 15) is 9.90 Å². The molecule has 0 aliphatic carbocycles. The smallest absolute Gasteiger partial charge is 0.410 e. The van der Waals surface area contributed by atoms with Gasteiger partial charge in [0, 0.05) is 19.3 Å². The summed E-state index contributed by atoms with van der Waals surface area (Å²) in [6, 6.07) is 3.71. The molecule has 2 aromatic heterocycles.